The number of pyridine rings is 1. The SMILES string of the molecule is COc1cc(-c2cc(C(C)C)ccc2-c2cc(C(C)(C)C)cc(C34CC5CC(CC(C5)C3)C4)c2[O-])nc(-c2cc(C(C)C)ccc2-c2cc(C(C)(C)C)cc(C34CC5CC(CC(C5)C3)C4)c2[O-])c1.[CH3-].[CH3-].[Hf+4]. The predicted molar refractivity (Wildman–Crippen MR) is 290 cm³/mol. The van der Waals surface area contributed by atoms with Crippen molar-refractivity contribution in [2.75, 3.05) is 7.11 Å². The molecule has 8 fully saturated rings. The fourth-order valence-corrected chi connectivity index (χ4v) is 15.8. The van der Waals surface area contributed by atoms with E-state index in [2.05, 4.69) is 142 Å². The Kier molecular flexibility index (Phi) is 14.5. The molecule has 8 aliphatic carbocycles. The van der Waals surface area contributed by atoms with Crippen molar-refractivity contribution < 1.29 is 40.8 Å². The molecule has 0 amide bonds. The summed E-state index contributed by atoms with van der Waals surface area (Å²) in [6.07, 6.45) is 14.9. The van der Waals surface area contributed by atoms with Crippen molar-refractivity contribution in [3.05, 3.63) is 121 Å². The van der Waals surface area contributed by atoms with Crippen LogP contribution >= 0.6 is 0 Å². The number of methoxy groups -OCH3 is 1. The Hall–Kier alpha value is -3.70. The average molecular weight is 1120 g/mol. The van der Waals surface area contributed by atoms with E-state index in [1.165, 1.54) is 60.8 Å². The van der Waals surface area contributed by atoms with Crippen molar-refractivity contribution in [2.45, 2.75) is 180 Å². The molecule has 5 heteroatoms. The molecule has 1 aromatic heterocycles. The second kappa shape index (κ2) is 19.2. The summed E-state index contributed by atoms with van der Waals surface area (Å²) in [7, 11) is 1.74. The van der Waals surface area contributed by atoms with Gasteiger partial charge in [-0.05, 0) is 214 Å². The normalized spacial score (nSPS) is 27.1. The molecule has 8 bridgehead atoms. The third-order valence-corrected chi connectivity index (χ3v) is 18.7. The fraction of sp³-hybridized carbons (Fsp3) is 0.530. The minimum atomic E-state index is -0.142. The van der Waals surface area contributed by atoms with Crippen molar-refractivity contribution in [3.63, 3.8) is 0 Å². The maximum Gasteiger partial charge on any atom is 4.00 e. The molecule has 4 nitrogen and oxygen atoms in total. The topological polar surface area (TPSA) is 68.2 Å². The summed E-state index contributed by atoms with van der Waals surface area (Å²) in [6, 6.07) is 26.6. The smallest absolute Gasteiger partial charge is 0.872 e. The number of nitrogens with zero attached hydrogens (tertiary/aromatic N) is 1. The van der Waals surface area contributed by atoms with E-state index in [0.29, 0.717) is 5.75 Å². The van der Waals surface area contributed by atoms with Crippen LogP contribution in [0.4, 0.5) is 0 Å². The number of hydrogen-bond donors (Lipinski definition) is 0. The summed E-state index contributed by atoms with van der Waals surface area (Å²) in [6.45, 7) is 22.7. The van der Waals surface area contributed by atoms with Crippen molar-refractivity contribution >= 4 is 0 Å². The number of rotatable bonds is 9. The van der Waals surface area contributed by atoms with E-state index in [1.54, 1.807) is 7.11 Å². The number of ether oxygens (including phenoxy) is 1. The van der Waals surface area contributed by atoms with Gasteiger partial charge in [0.25, 0.3) is 0 Å². The molecule has 8 saturated carbocycles. The van der Waals surface area contributed by atoms with E-state index in [1.807, 2.05) is 0 Å². The van der Waals surface area contributed by atoms with Crippen LogP contribution in [-0.4, -0.2) is 12.1 Å². The third kappa shape index (κ3) is 9.45. The molecule has 0 N–H and O–H groups in total. The molecule has 0 spiro atoms. The van der Waals surface area contributed by atoms with E-state index in [-0.39, 0.29) is 85.7 Å². The first kappa shape index (κ1) is 53.6. The van der Waals surface area contributed by atoms with Gasteiger partial charge in [0.1, 0.15) is 5.75 Å². The summed E-state index contributed by atoms with van der Waals surface area (Å²) < 4.78 is 6.21. The van der Waals surface area contributed by atoms with E-state index >= 15 is 10.2 Å². The molecule has 8 aliphatic rings. The van der Waals surface area contributed by atoms with Crippen molar-refractivity contribution in [3.8, 4) is 62.0 Å². The molecule has 0 aliphatic heterocycles. The zero-order valence-corrected chi connectivity index (χ0v) is 49.3. The van der Waals surface area contributed by atoms with Crippen molar-refractivity contribution in [1.29, 1.82) is 0 Å². The van der Waals surface area contributed by atoms with Gasteiger partial charge in [-0.2, -0.15) is 0 Å². The summed E-state index contributed by atoms with van der Waals surface area (Å²) >= 11 is 0. The van der Waals surface area contributed by atoms with Crippen LogP contribution in [0.15, 0.2) is 72.8 Å². The quantitative estimate of drug-likeness (QED) is 0.109. The Morgan fingerprint density at radius 3 is 1.08 bits per heavy atom. The largest absolute Gasteiger partial charge is 4.00 e. The van der Waals surface area contributed by atoms with Crippen LogP contribution in [0.3, 0.4) is 0 Å². The van der Waals surface area contributed by atoms with Crippen LogP contribution < -0.4 is 14.9 Å². The number of aromatic nitrogens is 1. The van der Waals surface area contributed by atoms with Crippen LogP contribution in [0.25, 0.3) is 44.8 Å². The molecule has 5 aromatic rings. The monoisotopic (exact) mass is 1120 g/mol. The predicted octanol–water partition coefficient (Wildman–Crippen LogP) is 16.6. The van der Waals surface area contributed by atoms with Gasteiger partial charge in [0.05, 0.1) is 18.5 Å². The Balaban J connectivity index is 0.00000225. The molecular weight excluding hydrogens is 1030 g/mol. The van der Waals surface area contributed by atoms with E-state index in [0.717, 1.165) is 130 Å². The summed E-state index contributed by atoms with van der Waals surface area (Å²) in [5, 5.41) is 31.1. The van der Waals surface area contributed by atoms with Crippen LogP contribution in [0, 0.1) is 50.4 Å². The van der Waals surface area contributed by atoms with Gasteiger partial charge in [-0.15, -0.1) is 0 Å². The van der Waals surface area contributed by atoms with Crippen LogP contribution in [0.5, 0.6) is 17.2 Å². The molecule has 0 radical (unpaired) electrons. The van der Waals surface area contributed by atoms with Crippen LogP contribution in [-0.2, 0) is 47.5 Å². The maximum absolute atomic E-state index is 15.6. The van der Waals surface area contributed by atoms with Gasteiger partial charge in [0.2, 0.25) is 0 Å². The molecule has 0 unspecified atom stereocenters. The van der Waals surface area contributed by atoms with E-state index < -0.39 is 0 Å². The first-order valence-corrected chi connectivity index (χ1v) is 26.8. The molecular formula is C66H83HfNO3. The third-order valence-electron chi connectivity index (χ3n) is 18.7. The second-order valence-electron chi connectivity index (χ2n) is 26.4. The van der Waals surface area contributed by atoms with Crippen LogP contribution in [0.2, 0.25) is 0 Å². The van der Waals surface area contributed by atoms with Gasteiger partial charge in [0, 0.05) is 23.3 Å². The van der Waals surface area contributed by atoms with Gasteiger partial charge in [-0.25, -0.2) is 4.98 Å². The zero-order valence-electron chi connectivity index (χ0n) is 45.7. The average Bonchev–Trinajstić information content (AvgIpc) is 3.27. The van der Waals surface area contributed by atoms with Gasteiger partial charge < -0.3 is 29.8 Å². The van der Waals surface area contributed by atoms with Crippen molar-refractivity contribution in [2.24, 2.45) is 35.5 Å². The molecule has 0 atom stereocenters. The standard InChI is InChI=1S/C64H79NO3.2CH3.Hf/c1-36(2)44-12-14-49(53-24-46(61(5,6)7)26-55(59(53)66)63-30-38-16-39(31-63)18-40(17-38)32-63)51(22-44)57-28-48(68-11)29-58(65-57)52-23-45(37(3)4)13-15-50(52)54-25-47(62(8,9)10)27-56(60(54)67)64-33-41-19-42(34-64)21-43(20-41)35-64;;;/h12-15,22-29,36-43,66-67H,16-21,30-35H2,1-11H3;2*1H3;/q;2*-1;+4/p-2. The Bertz CT molecular complexity index is 2540. The molecule has 71 heavy (non-hydrogen) atoms. The van der Waals surface area contributed by atoms with E-state index in [4.69, 9.17) is 9.72 Å². The summed E-state index contributed by atoms with van der Waals surface area (Å²) in [4.78, 5) is 5.67. The Morgan fingerprint density at radius 1 is 0.479 bits per heavy atom. The van der Waals surface area contributed by atoms with Crippen LogP contribution in [0.1, 0.15) is 192 Å². The molecule has 13 rings (SSSR count). The van der Waals surface area contributed by atoms with Gasteiger partial charge in [-0.1, -0.05) is 129 Å². The fourth-order valence-electron chi connectivity index (χ4n) is 15.8. The molecule has 374 valence electrons. The molecule has 0 saturated heterocycles. The number of hydrogen-bond acceptors (Lipinski definition) is 4. The maximum atomic E-state index is 15.6. The van der Waals surface area contributed by atoms with E-state index in [9.17, 15) is 0 Å². The Morgan fingerprint density at radius 2 is 0.803 bits per heavy atom. The number of benzene rings is 4. The minimum absolute atomic E-state index is 0. The zero-order chi connectivity index (χ0) is 47.8. The minimum Gasteiger partial charge on any atom is -0.872 e. The Labute approximate surface area is 448 Å². The first-order valence-electron chi connectivity index (χ1n) is 26.8. The first-order chi connectivity index (χ1) is 32.2. The van der Waals surface area contributed by atoms with Gasteiger partial charge in [0.15, 0.2) is 0 Å². The molecule has 4 aromatic carbocycles. The summed E-state index contributed by atoms with van der Waals surface area (Å²) in [5.74, 6) is 6.05. The molecule has 1 heterocycles. The van der Waals surface area contributed by atoms with Gasteiger partial charge >= 0.3 is 25.8 Å². The summed E-state index contributed by atoms with van der Waals surface area (Å²) in [5.41, 5.74) is 13.5. The second-order valence-corrected chi connectivity index (χ2v) is 26.4. The van der Waals surface area contributed by atoms with Gasteiger partial charge in [-0.3, -0.25) is 0 Å². The van der Waals surface area contributed by atoms with Crippen molar-refractivity contribution in [1.82, 2.24) is 4.98 Å².